The van der Waals surface area contributed by atoms with Gasteiger partial charge < -0.3 is 4.48 Å². The van der Waals surface area contributed by atoms with Gasteiger partial charge in [-0.25, -0.2) is 9.82 Å². The molecule has 0 aliphatic heterocycles. The molecule has 0 fully saturated rings. The average Bonchev–Trinajstić information content (AvgIpc) is 2.85. The maximum absolute atomic E-state index is 12.3. The molecule has 0 amide bonds. The lowest BCUT2D eigenvalue weighted by atomic mass is 9.93. The molecule has 0 radical (unpaired) electrons. The van der Waals surface area contributed by atoms with E-state index in [4.69, 9.17) is 14.3 Å². The summed E-state index contributed by atoms with van der Waals surface area (Å²) in [6.07, 6.45) is 24.2. The van der Waals surface area contributed by atoms with E-state index in [0.717, 1.165) is 36.2 Å². The number of hydrogen-bond donors (Lipinski definition) is 1. The lowest BCUT2D eigenvalue weighted by Gasteiger charge is -2.34. The number of rotatable bonds is 28. The zero-order chi connectivity index (χ0) is 27.0. The lowest BCUT2D eigenvalue weighted by Crippen LogP contribution is -2.44. The van der Waals surface area contributed by atoms with Crippen molar-refractivity contribution in [3.05, 3.63) is 0 Å². The van der Waals surface area contributed by atoms with E-state index in [9.17, 15) is 4.57 Å². The highest BCUT2D eigenvalue weighted by atomic mass is 31.2. The summed E-state index contributed by atoms with van der Waals surface area (Å²) in [7, 11) is 0.739. The van der Waals surface area contributed by atoms with Crippen LogP contribution in [0.15, 0.2) is 0 Å². The number of hydrogen-bond acceptors (Lipinski definition) is 5. The van der Waals surface area contributed by atoms with Gasteiger partial charge in [0.1, 0.15) is 0 Å². The SMILES string of the molecule is CCCCCCCCCCC(CCCCCCCC)C[N+](C)(C)CCCOP(=O)(OO)OCCCC. The van der Waals surface area contributed by atoms with Crippen LogP contribution in [-0.4, -0.2) is 50.1 Å². The Hall–Kier alpha value is 0.0300. The fourth-order valence-electron chi connectivity index (χ4n) is 4.97. The van der Waals surface area contributed by atoms with Crippen LogP contribution in [0.2, 0.25) is 0 Å². The Kier molecular flexibility index (Phi) is 24.1. The van der Waals surface area contributed by atoms with E-state index in [0.29, 0.717) is 0 Å². The first kappa shape index (κ1) is 36.0. The van der Waals surface area contributed by atoms with E-state index >= 15 is 0 Å². The Balaban J connectivity index is 4.46. The largest absolute Gasteiger partial charge is 0.501 e. The molecule has 2 atom stereocenters. The minimum Gasteiger partial charge on any atom is -0.328 e. The monoisotopic (exact) mass is 536 g/mol. The van der Waals surface area contributed by atoms with E-state index in [1.165, 1.54) is 109 Å². The highest BCUT2D eigenvalue weighted by Gasteiger charge is 2.28. The van der Waals surface area contributed by atoms with Crippen LogP contribution < -0.4 is 0 Å². The summed E-state index contributed by atoms with van der Waals surface area (Å²) in [6.45, 7) is 9.20. The molecule has 0 aliphatic rings. The first-order chi connectivity index (χ1) is 17.3. The van der Waals surface area contributed by atoms with Crippen molar-refractivity contribution in [2.24, 2.45) is 5.92 Å². The Morgan fingerprint density at radius 2 is 1.06 bits per heavy atom. The molecule has 0 spiro atoms. The van der Waals surface area contributed by atoms with Crippen LogP contribution in [0.4, 0.5) is 0 Å². The molecular weight excluding hydrogens is 473 g/mol. The normalized spacial score (nSPS) is 14.7. The van der Waals surface area contributed by atoms with Crippen LogP contribution in [0, 0.1) is 5.92 Å². The van der Waals surface area contributed by atoms with Gasteiger partial charge in [0.2, 0.25) is 0 Å². The smallest absolute Gasteiger partial charge is 0.328 e. The number of phosphoric acid groups is 1. The summed E-state index contributed by atoms with van der Waals surface area (Å²) in [5.74, 6) is 0.761. The summed E-state index contributed by atoms with van der Waals surface area (Å²) in [6, 6.07) is 0. The molecule has 36 heavy (non-hydrogen) atoms. The summed E-state index contributed by atoms with van der Waals surface area (Å²) in [4.78, 5) is 0. The van der Waals surface area contributed by atoms with E-state index in [2.05, 4.69) is 32.6 Å². The second kappa shape index (κ2) is 24.1. The molecule has 0 saturated carbocycles. The quantitative estimate of drug-likeness (QED) is 0.0354. The van der Waals surface area contributed by atoms with Crippen LogP contribution in [-0.2, 0) is 18.3 Å². The number of unbranched alkanes of at least 4 members (excludes halogenated alkanes) is 13. The second-order valence-corrected chi connectivity index (χ2v) is 13.0. The van der Waals surface area contributed by atoms with Crippen molar-refractivity contribution in [2.45, 2.75) is 143 Å². The van der Waals surface area contributed by atoms with Crippen LogP contribution in [0.25, 0.3) is 0 Å². The van der Waals surface area contributed by atoms with Crippen LogP contribution >= 0.6 is 7.82 Å². The van der Waals surface area contributed by atoms with Gasteiger partial charge in [-0.3, -0.25) is 9.05 Å². The standard InChI is InChI=1S/C29H62NO5P/c1-6-9-12-14-16-17-19-21-24-29(23-20-18-15-13-10-7-2)28-30(4,5)25-22-27-34-36(32,35-31)33-26-11-8-3/h29H,6-28H2,1-5H3/p+1. The predicted octanol–water partition coefficient (Wildman–Crippen LogP) is 9.78. The fourth-order valence-corrected chi connectivity index (χ4v) is 5.85. The number of phosphoric ester groups is 1. The van der Waals surface area contributed by atoms with Gasteiger partial charge >= 0.3 is 7.82 Å². The maximum Gasteiger partial charge on any atom is 0.501 e. The van der Waals surface area contributed by atoms with Crippen LogP contribution in [0.3, 0.4) is 0 Å². The Morgan fingerprint density at radius 3 is 1.50 bits per heavy atom. The minimum absolute atomic E-state index is 0.256. The molecule has 0 aromatic rings. The zero-order valence-electron chi connectivity index (χ0n) is 24.8. The van der Waals surface area contributed by atoms with Gasteiger partial charge in [-0.2, -0.15) is 0 Å². The topological polar surface area (TPSA) is 65.0 Å². The van der Waals surface area contributed by atoms with Crippen molar-refractivity contribution < 1.29 is 28.0 Å². The maximum atomic E-state index is 12.3. The third-order valence-corrected chi connectivity index (χ3v) is 8.39. The van der Waals surface area contributed by atoms with Crippen molar-refractivity contribution in [3.8, 4) is 0 Å². The molecule has 0 aromatic carbocycles. The van der Waals surface area contributed by atoms with Crippen molar-refractivity contribution in [3.63, 3.8) is 0 Å². The molecule has 6 nitrogen and oxygen atoms in total. The minimum atomic E-state index is -3.85. The molecule has 0 rings (SSSR count). The summed E-state index contributed by atoms with van der Waals surface area (Å²) >= 11 is 0. The van der Waals surface area contributed by atoms with Gasteiger partial charge in [0, 0.05) is 12.3 Å². The third kappa shape index (κ3) is 22.1. The first-order valence-corrected chi connectivity index (χ1v) is 16.8. The van der Waals surface area contributed by atoms with E-state index in [-0.39, 0.29) is 13.2 Å². The predicted molar refractivity (Wildman–Crippen MR) is 153 cm³/mol. The third-order valence-electron chi connectivity index (χ3n) is 7.19. The molecule has 0 bridgehead atoms. The molecule has 0 aromatic heterocycles. The van der Waals surface area contributed by atoms with Gasteiger partial charge in [0.15, 0.2) is 0 Å². The number of quaternary nitrogens is 1. The van der Waals surface area contributed by atoms with Gasteiger partial charge in [-0.15, -0.1) is 4.67 Å². The summed E-state index contributed by atoms with van der Waals surface area (Å²) < 4.78 is 27.7. The van der Waals surface area contributed by atoms with Crippen LogP contribution in [0.1, 0.15) is 143 Å². The van der Waals surface area contributed by atoms with Crippen molar-refractivity contribution in [1.82, 2.24) is 0 Å². The van der Waals surface area contributed by atoms with Crippen molar-refractivity contribution >= 4 is 7.82 Å². The summed E-state index contributed by atoms with van der Waals surface area (Å²) in [5.41, 5.74) is 0. The molecule has 0 aliphatic carbocycles. The highest BCUT2D eigenvalue weighted by Crippen LogP contribution is 2.48. The van der Waals surface area contributed by atoms with Crippen LogP contribution in [0.5, 0.6) is 0 Å². The number of nitrogens with zero attached hydrogens (tertiary/aromatic N) is 1. The Bertz CT molecular complexity index is 518. The average molecular weight is 537 g/mol. The highest BCUT2D eigenvalue weighted by molar-refractivity contribution is 7.48. The molecule has 7 heteroatoms. The van der Waals surface area contributed by atoms with Gasteiger partial charge in [0.05, 0.1) is 40.4 Å². The molecule has 0 saturated heterocycles. The van der Waals surface area contributed by atoms with Gasteiger partial charge in [0.25, 0.3) is 0 Å². The summed E-state index contributed by atoms with van der Waals surface area (Å²) in [5, 5.41) is 8.97. The zero-order valence-corrected chi connectivity index (χ0v) is 25.7. The van der Waals surface area contributed by atoms with Crippen molar-refractivity contribution in [2.75, 3.05) is 40.4 Å². The molecule has 0 heterocycles. The van der Waals surface area contributed by atoms with Gasteiger partial charge in [-0.1, -0.05) is 117 Å². The van der Waals surface area contributed by atoms with Gasteiger partial charge in [-0.05, 0) is 19.3 Å². The van der Waals surface area contributed by atoms with E-state index < -0.39 is 7.82 Å². The molecule has 1 N–H and O–H groups in total. The molecule has 218 valence electrons. The van der Waals surface area contributed by atoms with E-state index in [1.54, 1.807) is 0 Å². The Labute approximate surface area is 225 Å². The molecule has 2 unspecified atom stereocenters. The van der Waals surface area contributed by atoms with Crippen molar-refractivity contribution in [1.29, 1.82) is 0 Å². The first-order valence-electron chi connectivity index (χ1n) is 15.4. The molecular formula is C29H63NO5P+. The Morgan fingerprint density at radius 1 is 0.639 bits per heavy atom. The lowest BCUT2D eigenvalue weighted by molar-refractivity contribution is -0.894. The fraction of sp³-hybridized carbons (Fsp3) is 1.00. The second-order valence-electron chi connectivity index (χ2n) is 11.4. The van der Waals surface area contributed by atoms with E-state index in [1.807, 2.05) is 6.92 Å².